The summed E-state index contributed by atoms with van der Waals surface area (Å²) in [5, 5.41) is 12.5. The normalized spacial score (nSPS) is 20.9. The highest BCUT2D eigenvalue weighted by Crippen LogP contribution is 2.37. The van der Waals surface area contributed by atoms with Crippen molar-refractivity contribution >= 4 is 23.6 Å². The molecule has 40 heavy (non-hydrogen) atoms. The van der Waals surface area contributed by atoms with Crippen molar-refractivity contribution in [3.8, 4) is 11.1 Å². The van der Waals surface area contributed by atoms with Crippen molar-refractivity contribution < 1.29 is 14.7 Å². The number of hydrogen-bond donors (Lipinski definition) is 2. The van der Waals surface area contributed by atoms with Crippen molar-refractivity contribution in [1.82, 2.24) is 10.2 Å². The number of hydrogen-bond acceptors (Lipinski definition) is 4. The first-order valence-corrected chi connectivity index (χ1v) is 16.8. The van der Waals surface area contributed by atoms with Gasteiger partial charge < -0.3 is 10.4 Å². The summed E-state index contributed by atoms with van der Waals surface area (Å²) < 4.78 is 0. The van der Waals surface area contributed by atoms with Crippen LogP contribution in [0.3, 0.4) is 0 Å². The van der Waals surface area contributed by atoms with E-state index in [0.717, 1.165) is 29.2 Å². The zero-order valence-electron chi connectivity index (χ0n) is 24.7. The number of aliphatic carboxylic acids is 1. The van der Waals surface area contributed by atoms with Crippen LogP contribution in [0.4, 0.5) is 0 Å². The van der Waals surface area contributed by atoms with Gasteiger partial charge in [0, 0.05) is 24.2 Å². The molecular formula is C34H48N2O3S. The summed E-state index contributed by atoms with van der Waals surface area (Å²) in [6, 6.07) is 14.7. The lowest BCUT2D eigenvalue weighted by molar-refractivity contribution is -0.139. The monoisotopic (exact) mass is 564 g/mol. The number of nitrogens with one attached hydrogen (secondary N) is 1. The van der Waals surface area contributed by atoms with E-state index in [2.05, 4.69) is 48.3 Å². The summed E-state index contributed by atoms with van der Waals surface area (Å²) in [5.41, 5.74) is 4.78. The molecule has 1 saturated heterocycles. The number of amides is 1. The lowest BCUT2D eigenvalue weighted by Crippen LogP contribution is -2.41. The molecule has 2 aromatic rings. The van der Waals surface area contributed by atoms with Gasteiger partial charge in [-0.05, 0) is 91.3 Å². The maximum atomic E-state index is 13.5. The minimum atomic E-state index is -0.989. The molecule has 218 valence electrons. The second kappa shape index (κ2) is 15.1. The molecule has 2 aliphatic rings. The van der Waals surface area contributed by atoms with Crippen LogP contribution in [0.5, 0.6) is 0 Å². The summed E-state index contributed by atoms with van der Waals surface area (Å²) >= 11 is 1.58. The Bertz CT molecular complexity index is 1130. The van der Waals surface area contributed by atoms with Gasteiger partial charge in [-0.2, -0.15) is 11.8 Å². The molecule has 1 aliphatic heterocycles. The van der Waals surface area contributed by atoms with Gasteiger partial charge in [-0.15, -0.1) is 0 Å². The van der Waals surface area contributed by atoms with E-state index >= 15 is 0 Å². The number of likely N-dealkylation sites (tertiary alicyclic amines) is 1. The van der Waals surface area contributed by atoms with Crippen molar-refractivity contribution in [2.45, 2.75) is 109 Å². The average Bonchev–Trinajstić information content (AvgIpc) is 3.32. The van der Waals surface area contributed by atoms with Gasteiger partial charge in [-0.25, -0.2) is 4.79 Å². The lowest BCUT2D eigenvalue weighted by atomic mass is 9.84. The number of carbonyl (C=O) groups excluding carboxylic acids is 1. The minimum Gasteiger partial charge on any atom is -0.480 e. The van der Waals surface area contributed by atoms with E-state index in [1.807, 2.05) is 24.5 Å². The molecule has 5 nitrogen and oxygen atoms in total. The fourth-order valence-electron chi connectivity index (χ4n) is 6.90. The molecule has 6 heteroatoms. The van der Waals surface area contributed by atoms with Crippen LogP contribution in [-0.4, -0.2) is 52.0 Å². The number of nitrogens with zero attached hydrogens (tertiary/aromatic N) is 1. The molecule has 1 aliphatic carbocycles. The first-order valence-electron chi connectivity index (χ1n) is 15.4. The SMILES string of the molecule is CCC[C@H]1CC[C@@H](CC2CCCCC2)N1Cc1ccc(C(=O)NC(CCSC)C(=O)O)c(-c2ccccc2C)c1. The molecule has 0 bridgehead atoms. The lowest BCUT2D eigenvalue weighted by Gasteiger charge is -2.34. The molecular weight excluding hydrogens is 516 g/mol. The van der Waals surface area contributed by atoms with Crippen LogP contribution in [0.1, 0.15) is 99.0 Å². The van der Waals surface area contributed by atoms with E-state index in [1.165, 1.54) is 69.8 Å². The van der Waals surface area contributed by atoms with Gasteiger partial charge in [0.05, 0.1) is 0 Å². The molecule has 2 fully saturated rings. The Morgan fingerprint density at radius 3 is 2.48 bits per heavy atom. The third-order valence-corrected chi connectivity index (χ3v) is 9.71. The summed E-state index contributed by atoms with van der Waals surface area (Å²) in [6.07, 6.45) is 15.6. The van der Waals surface area contributed by atoms with Crippen molar-refractivity contribution in [3.05, 3.63) is 59.2 Å². The zero-order chi connectivity index (χ0) is 28.5. The van der Waals surface area contributed by atoms with E-state index in [9.17, 15) is 14.7 Å². The Morgan fingerprint density at radius 1 is 1.02 bits per heavy atom. The van der Waals surface area contributed by atoms with Gasteiger partial charge in [-0.1, -0.05) is 75.8 Å². The summed E-state index contributed by atoms with van der Waals surface area (Å²) in [5.74, 6) is 0.232. The molecule has 3 atom stereocenters. The molecule has 2 N–H and O–H groups in total. The fourth-order valence-corrected chi connectivity index (χ4v) is 7.37. The van der Waals surface area contributed by atoms with Crippen LogP contribution in [0.2, 0.25) is 0 Å². The van der Waals surface area contributed by atoms with Gasteiger partial charge in [0.15, 0.2) is 0 Å². The van der Waals surface area contributed by atoms with Gasteiger partial charge in [-0.3, -0.25) is 9.69 Å². The van der Waals surface area contributed by atoms with Crippen LogP contribution < -0.4 is 5.32 Å². The topological polar surface area (TPSA) is 69.6 Å². The number of carboxylic acid groups (broad SMARTS) is 1. The Labute approximate surface area is 245 Å². The van der Waals surface area contributed by atoms with E-state index in [-0.39, 0.29) is 5.91 Å². The minimum absolute atomic E-state index is 0.321. The standard InChI is InChI=1S/C34H48N2O3S/c1-4-10-27-16-17-28(21-25-12-6-5-7-13-25)36(27)23-26-15-18-30(31(22-26)29-14-9-8-11-24(29)2)33(37)35-32(34(38)39)19-20-40-3/h8-9,11,14-15,18,22,25,27-28,32H,4-7,10,12-13,16-17,19-21,23H2,1-3H3,(H,35,37)(H,38,39)/t27-,28-,32?/m0/s1. The van der Waals surface area contributed by atoms with Crippen molar-refractivity contribution in [2.24, 2.45) is 5.92 Å². The number of carbonyl (C=O) groups is 2. The van der Waals surface area contributed by atoms with E-state index < -0.39 is 12.0 Å². The number of carboxylic acids is 1. The van der Waals surface area contributed by atoms with Crippen LogP contribution in [-0.2, 0) is 11.3 Å². The molecule has 4 rings (SSSR count). The highest BCUT2D eigenvalue weighted by atomic mass is 32.2. The second-order valence-corrected chi connectivity index (χ2v) is 12.9. The van der Waals surface area contributed by atoms with Crippen molar-refractivity contribution in [3.63, 3.8) is 0 Å². The molecule has 0 radical (unpaired) electrons. The fraction of sp³-hybridized carbons (Fsp3) is 0.588. The van der Waals surface area contributed by atoms with Crippen LogP contribution in [0, 0.1) is 12.8 Å². The third kappa shape index (κ3) is 7.91. The summed E-state index contributed by atoms with van der Waals surface area (Å²) in [4.78, 5) is 28.1. The predicted octanol–water partition coefficient (Wildman–Crippen LogP) is 7.70. The van der Waals surface area contributed by atoms with Gasteiger partial charge in [0.2, 0.25) is 0 Å². The van der Waals surface area contributed by atoms with Crippen LogP contribution in [0.15, 0.2) is 42.5 Å². The average molecular weight is 565 g/mol. The maximum Gasteiger partial charge on any atom is 0.326 e. The molecule has 2 aromatic carbocycles. The number of aryl methyl sites for hydroxylation is 1. The summed E-state index contributed by atoms with van der Waals surface area (Å²) in [6.45, 7) is 5.26. The van der Waals surface area contributed by atoms with Gasteiger partial charge in [0.25, 0.3) is 5.91 Å². The smallest absolute Gasteiger partial charge is 0.326 e. The second-order valence-electron chi connectivity index (χ2n) is 11.9. The Balaban J connectivity index is 1.62. The van der Waals surface area contributed by atoms with Gasteiger partial charge in [0.1, 0.15) is 6.04 Å². The van der Waals surface area contributed by atoms with E-state index in [4.69, 9.17) is 0 Å². The number of rotatable bonds is 13. The highest BCUT2D eigenvalue weighted by Gasteiger charge is 2.34. The van der Waals surface area contributed by atoms with Crippen LogP contribution in [0.25, 0.3) is 11.1 Å². The molecule has 0 aromatic heterocycles. The summed E-state index contributed by atoms with van der Waals surface area (Å²) in [7, 11) is 0. The zero-order valence-corrected chi connectivity index (χ0v) is 25.5. The maximum absolute atomic E-state index is 13.5. The molecule has 1 unspecified atom stereocenters. The first-order chi connectivity index (χ1) is 19.4. The Kier molecular flexibility index (Phi) is 11.5. The highest BCUT2D eigenvalue weighted by molar-refractivity contribution is 7.98. The van der Waals surface area contributed by atoms with Crippen molar-refractivity contribution in [2.75, 3.05) is 12.0 Å². The number of benzene rings is 2. The largest absolute Gasteiger partial charge is 0.480 e. The molecule has 1 heterocycles. The number of thioether (sulfide) groups is 1. The first kappa shape index (κ1) is 30.6. The molecule has 1 saturated carbocycles. The Morgan fingerprint density at radius 2 is 1.77 bits per heavy atom. The van der Waals surface area contributed by atoms with Crippen LogP contribution >= 0.6 is 11.8 Å². The van der Waals surface area contributed by atoms with E-state index in [1.54, 1.807) is 11.8 Å². The quantitative estimate of drug-likeness (QED) is 0.261. The Hall–Kier alpha value is -2.31. The molecule has 0 spiro atoms. The van der Waals surface area contributed by atoms with Gasteiger partial charge >= 0.3 is 5.97 Å². The van der Waals surface area contributed by atoms with Crippen molar-refractivity contribution in [1.29, 1.82) is 0 Å². The third-order valence-electron chi connectivity index (χ3n) is 9.07. The predicted molar refractivity (Wildman–Crippen MR) is 167 cm³/mol. The molecule has 1 amide bonds. The van der Waals surface area contributed by atoms with E-state index in [0.29, 0.717) is 29.8 Å².